The minimum Gasteiger partial charge on any atom is -0.743 e. The van der Waals surface area contributed by atoms with Gasteiger partial charge in [-0.3, -0.25) is 19.2 Å². The molecule has 1 saturated heterocycles. The Hall–Kier alpha value is -1.38. The van der Waals surface area contributed by atoms with Gasteiger partial charge in [0.05, 0.1) is 69.4 Å². The van der Waals surface area contributed by atoms with Gasteiger partial charge in [0.25, 0.3) is 0 Å². The summed E-state index contributed by atoms with van der Waals surface area (Å²) in [5.74, 6) is -1.99. The molecular weight excluding hydrogens is 1040 g/mol. The zero-order valence-corrected chi connectivity index (χ0v) is 46.5. The molecule has 0 radical (unpaired) electrons. The van der Waals surface area contributed by atoms with Crippen LogP contribution in [0.15, 0.2) is 0 Å². The van der Waals surface area contributed by atoms with Gasteiger partial charge < -0.3 is 46.6 Å². The maximum atomic E-state index is 12.9. The van der Waals surface area contributed by atoms with Crippen LogP contribution in [0.2, 0.25) is 38.8 Å². The first kappa shape index (κ1) is 80.7. The van der Waals surface area contributed by atoms with Crippen molar-refractivity contribution in [3.05, 3.63) is 0 Å². The molecule has 1 fully saturated rings. The van der Waals surface area contributed by atoms with Gasteiger partial charge in [-0.15, -0.1) is 0 Å². The van der Waals surface area contributed by atoms with Crippen molar-refractivity contribution in [3.8, 4) is 0 Å². The summed E-state index contributed by atoms with van der Waals surface area (Å²) in [6, 6.07) is 1.05. The molecule has 0 spiro atoms. The molecule has 1 aliphatic heterocycles. The molecule has 0 aromatic heterocycles. The fourth-order valence-electron chi connectivity index (χ4n) is 4.37. The van der Waals surface area contributed by atoms with E-state index in [4.69, 9.17) is 37.3 Å². The van der Waals surface area contributed by atoms with Crippen LogP contribution in [0.3, 0.4) is 0 Å². The molecule has 5 atom stereocenters. The zero-order valence-electron chi connectivity index (χ0n) is 42.2. The van der Waals surface area contributed by atoms with E-state index in [-0.39, 0.29) is 85.9 Å². The van der Waals surface area contributed by atoms with Gasteiger partial charge in [-0.05, 0) is 98.6 Å². The van der Waals surface area contributed by atoms with Gasteiger partial charge in [0, 0.05) is 6.61 Å². The van der Waals surface area contributed by atoms with Crippen LogP contribution in [0.25, 0.3) is 0 Å². The van der Waals surface area contributed by atoms with Gasteiger partial charge in [0.15, 0.2) is 32.9 Å². The number of carbonyl (C=O) groups excluding carboxylic acids is 4. The van der Waals surface area contributed by atoms with E-state index < -0.39 is 50.0 Å². The van der Waals surface area contributed by atoms with Crippen molar-refractivity contribution in [2.45, 2.75) is 187 Å². The molecule has 416 valence electrons. The number of epoxide rings is 1. The molecule has 16 nitrogen and oxygen atoms in total. The van der Waals surface area contributed by atoms with E-state index in [0.29, 0.717) is 72.8 Å². The van der Waals surface area contributed by atoms with Crippen LogP contribution in [0.4, 0.5) is 8.78 Å². The number of hydrogen-bond acceptors (Lipinski definition) is 16. The molecule has 5 unspecified atom stereocenters. The van der Waals surface area contributed by atoms with Gasteiger partial charge >= 0.3 is 51.5 Å². The Balaban J connectivity index is -0.000000144. The molecule has 0 N–H and O–H groups in total. The number of hydrogen-bond donors (Lipinski definition) is 0. The topological polar surface area (TPSA) is 212 Å². The fraction of sp³-hybridized carbons (Fsp3) is 0.913. The van der Waals surface area contributed by atoms with Crippen molar-refractivity contribution in [1.82, 2.24) is 0 Å². The summed E-state index contributed by atoms with van der Waals surface area (Å²) in [7, 11) is -8.89. The quantitative estimate of drug-likeness (QED) is 0.0170. The Morgan fingerprint density at radius 1 is 0.691 bits per heavy atom. The first-order chi connectivity index (χ1) is 29.4. The van der Waals surface area contributed by atoms with Gasteiger partial charge in [-0.2, -0.15) is 8.78 Å². The van der Waals surface area contributed by atoms with Gasteiger partial charge in [-0.1, -0.05) is 70.7 Å². The van der Waals surface area contributed by atoms with Crippen LogP contribution in [0, 0.1) is 23.2 Å². The van der Waals surface area contributed by atoms with E-state index in [9.17, 15) is 40.9 Å². The van der Waals surface area contributed by atoms with Crippen LogP contribution in [-0.4, -0.2) is 137 Å². The molecule has 0 aromatic rings. The molecule has 0 amide bonds. The second kappa shape index (κ2) is 42.2. The molecule has 1 aliphatic rings. The number of rotatable bonds is 29. The summed E-state index contributed by atoms with van der Waals surface area (Å²) in [6.07, 6.45) is 1.69. The van der Waals surface area contributed by atoms with Crippen LogP contribution in [-0.2, 0) is 93.7 Å². The average molecular weight is 1140 g/mol. The summed E-state index contributed by atoms with van der Waals surface area (Å²) in [4.78, 5) is 45.3. The summed E-state index contributed by atoms with van der Waals surface area (Å²) >= 11 is 0. The van der Waals surface area contributed by atoms with Gasteiger partial charge in [0.1, 0.15) is 19.3 Å². The Morgan fingerprint density at radius 3 is 1.49 bits per heavy atom. The third-order valence-corrected chi connectivity index (χ3v) is 16.8. The van der Waals surface area contributed by atoms with Gasteiger partial charge in [0.2, 0.25) is 0 Å². The molecule has 22 heteroatoms. The predicted octanol–water partition coefficient (Wildman–Crippen LogP) is 10.0. The van der Waals surface area contributed by atoms with E-state index in [1.54, 1.807) is 6.92 Å². The molecule has 1 rings (SSSR count). The molecule has 0 saturated carbocycles. The predicted molar refractivity (Wildman–Crippen MR) is 265 cm³/mol. The summed E-state index contributed by atoms with van der Waals surface area (Å²) in [5, 5.41) is -4.61. The molecule has 0 aliphatic carbocycles. The molecule has 0 bridgehead atoms. The van der Waals surface area contributed by atoms with Crippen molar-refractivity contribution in [1.29, 1.82) is 0 Å². The fourth-order valence-corrected chi connectivity index (χ4v) is 12.9. The van der Waals surface area contributed by atoms with E-state index in [1.165, 1.54) is 6.92 Å². The van der Waals surface area contributed by atoms with Crippen molar-refractivity contribution < 1.29 is 105 Å². The van der Waals surface area contributed by atoms with Crippen LogP contribution >= 0.6 is 0 Å². The Morgan fingerprint density at radius 2 is 1.10 bits per heavy atom. The van der Waals surface area contributed by atoms with E-state index in [2.05, 4.69) is 37.5 Å². The molecule has 1 heterocycles. The first-order valence-electron chi connectivity index (χ1n) is 22.5. The molecule has 0 aromatic carbocycles. The van der Waals surface area contributed by atoms with Crippen LogP contribution < -0.4 is 0 Å². The Bertz CT molecular complexity index is 1400. The number of halogens is 2. The Labute approximate surface area is 429 Å². The number of carbonyl (C=O) groups is 4. The molecular formula is C46H97AgF2O16SSi2. The first-order valence-corrected chi connectivity index (χ1v) is 30.4. The number of alkyl halides is 2. The minimum atomic E-state index is -5.84. The monoisotopic (exact) mass is 1140 g/mol. The van der Waals surface area contributed by atoms with Crippen molar-refractivity contribution in [2.24, 2.45) is 23.2 Å². The van der Waals surface area contributed by atoms with E-state index in [0.717, 1.165) is 38.3 Å². The summed E-state index contributed by atoms with van der Waals surface area (Å²) in [6.45, 7) is 35.7. The van der Waals surface area contributed by atoms with E-state index in [1.807, 2.05) is 55.4 Å². The van der Waals surface area contributed by atoms with Gasteiger partial charge in [-0.25, -0.2) is 8.42 Å². The smallest absolute Gasteiger partial charge is 0.743 e. The number of ether oxygens (including phenoxy) is 8. The maximum Gasteiger partial charge on any atom is 1.00 e. The van der Waals surface area contributed by atoms with Crippen LogP contribution in [0.5, 0.6) is 0 Å². The van der Waals surface area contributed by atoms with Crippen molar-refractivity contribution >= 4 is 50.6 Å². The second-order valence-electron chi connectivity index (χ2n) is 17.6. The van der Waals surface area contributed by atoms with Crippen LogP contribution in [0.1, 0.15) is 131 Å². The normalized spacial score (nSPS) is 14.9. The minimum absolute atomic E-state index is 0. The zero-order chi connectivity index (χ0) is 50.4. The third-order valence-electron chi connectivity index (χ3n) is 9.55. The second-order valence-corrected chi connectivity index (χ2v) is 28.2. The third kappa shape index (κ3) is 42.3. The summed E-state index contributed by atoms with van der Waals surface area (Å²) in [5.41, 5.74) is -0.359. The Kier molecular flexibility index (Phi) is 50.0. The molecule has 68 heavy (non-hydrogen) atoms. The average Bonchev–Trinajstić information content (AvgIpc) is 4.04. The summed E-state index contributed by atoms with van der Waals surface area (Å²) < 4.78 is 103. The van der Waals surface area contributed by atoms with Crippen molar-refractivity contribution in [3.63, 3.8) is 0 Å². The largest absolute Gasteiger partial charge is 1.00 e. The number of esters is 4. The standard InChI is InChI=1S/C14H32O3Si2.C11H22O4.C10H18O4.C8H14F2O5S.3CH4.Ag/c1-9-14(2,3)13(15)16-11-10-12-19(7,8)17-18(4,5)6;1-4-10(3)11(12)15-9-8-14-7-6-13-5-2;1-3-8(2)10(11)13-5-4-12-6-9-7-14-9;1-4-5(2)7(11)15-6(3)8(9,10)16(12,13)14;;;;/h9-12H2,1-8H3;10H,4-9H2,1-3H3;8-9H,3-7H2,1-2H3;5-6H,4H2,1-3H3,(H,12,13,14);3*1H4;/q;;;;;;;+1/p-1. The SMILES string of the molecule is C.C.C.CCC(C)(C)C(=O)OCCC[Si](C)(C)O[Si](C)(C)C.CCC(C)C(=O)OC(C)C(F)(F)S(=O)(=O)[O-].CCC(C)C(=O)OCCOCC1CO1.CCOCCOCCOC(=O)C(C)CC.[Ag+]. The maximum absolute atomic E-state index is 12.9. The van der Waals surface area contributed by atoms with E-state index >= 15 is 0 Å². The van der Waals surface area contributed by atoms with Crippen molar-refractivity contribution in [2.75, 3.05) is 66.1 Å².